The van der Waals surface area contributed by atoms with Crippen LogP contribution in [0.5, 0.6) is 0 Å². The smallest absolute Gasteiger partial charge is 0.190 e. The topological polar surface area (TPSA) is 124 Å². The van der Waals surface area contributed by atoms with Gasteiger partial charge >= 0.3 is 0 Å². The van der Waals surface area contributed by atoms with Gasteiger partial charge in [-0.15, -0.1) is 34.0 Å². The zero-order valence-electron chi connectivity index (χ0n) is 15.2. The second kappa shape index (κ2) is 8.08. The molecule has 146 valence electrons. The summed E-state index contributed by atoms with van der Waals surface area (Å²) in [5.74, 6) is -0.124. The average Bonchev–Trinajstić information content (AvgIpc) is 3.41. The van der Waals surface area contributed by atoms with Crippen molar-refractivity contribution >= 4 is 56.6 Å². The van der Waals surface area contributed by atoms with Gasteiger partial charge in [0.1, 0.15) is 0 Å². The van der Waals surface area contributed by atoms with Crippen LogP contribution in [-0.2, 0) is 0 Å². The number of benzene rings is 1. The zero-order chi connectivity index (χ0) is 20.4. The summed E-state index contributed by atoms with van der Waals surface area (Å²) in [4.78, 5) is 5.97. The average molecular weight is 439 g/mol. The van der Waals surface area contributed by atoms with Gasteiger partial charge in [0.05, 0.1) is 5.00 Å². The highest BCUT2D eigenvalue weighted by Crippen LogP contribution is 2.42. The molecule has 0 atom stereocenters. The molecule has 0 aliphatic carbocycles. The minimum atomic E-state index is -0.0698. The quantitative estimate of drug-likeness (QED) is 0.182. The Balaban J connectivity index is 1.52. The highest BCUT2D eigenvalue weighted by atomic mass is 32.1. The van der Waals surface area contributed by atoms with Crippen molar-refractivity contribution in [1.29, 1.82) is 10.8 Å². The fraction of sp³-hybridized carbons (Fsp3) is 0. The first-order valence-corrected chi connectivity index (χ1v) is 11.1. The Hall–Kier alpha value is -3.14. The molecular formula is C20H18N6S3. The normalized spacial score (nSPS) is 10.6. The summed E-state index contributed by atoms with van der Waals surface area (Å²) in [6.45, 7) is 0. The van der Waals surface area contributed by atoms with Crippen LogP contribution in [0, 0.1) is 10.8 Å². The standard InChI is InChI=1S/C20H18N6S3/c21-19(22)25-12-3-1-11(2-4-12)13-5-6-14(27-13)15-7-8-16(28-15)17-9-10-18(29-17)26-20(23)24/h1-10H,(H4,21,22,25)(H4,23,24,26). The summed E-state index contributed by atoms with van der Waals surface area (Å²) in [6, 6.07) is 20.4. The Labute approximate surface area is 179 Å². The first-order chi connectivity index (χ1) is 14.0. The van der Waals surface area contributed by atoms with Crippen molar-refractivity contribution in [2.75, 3.05) is 10.6 Å². The number of hydrogen-bond donors (Lipinski definition) is 6. The lowest BCUT2D eigenvalue weighted by Crippen LogP contribution is -2.20. The third-order valence-corrected chi connectivity index (χ3v) is 7.62. The van der Waals surface area contributed by atoms with Crippen molar-refractivity contribution in [1.82, 2.24) is 0 Å². The number of hydrogen-bond acceptors (Lipinski definition) is 5. The van der Waals surface area contributed by atoms with Gasteiger partial charge in [-0.1, -0.05) is 12.1 Å². The number of thiophene rings is 3. The summed E-state index contributed by atoms with van der Waals surface area (Å²) < 4.78 is 0. The van der Waals surface area contributed by atoms with Gasteiger partial charge in [0, 0.05) is 30.1 Å². The number of anilines is 2. The predicted molar refractivity (Wildman–Crippen MR) is 127 cm³/mol. The Morgan fingerprint density at radius 2 is 1.07 bits per heavy atom. The minimum Gasteiger partial charge on any atom is -0.370 e. The van der Waals surface area contributed by atoms with Gasteiger partial charge in [-0.2, -0.15) is 0 Å². The van der Waals surface area contributed by atoms with Gasteiger partial charge in [0.25, 0.3) is 0 Å². The highest BCUT2D eigenvalue weighted by Gasteiger charge is 2.11. The third-order valence-electron chi connectivity index (χ3n) is 4.01. The van der Waals surface area contributed by atoms with Crippen LogP contribution in [0.1, 0.15) is 0 Å². The van der Waals surface area contributed by atoms with Gasteiger partial charge in [0.2, 0.25) is 0 Å². The van der Waals surface area contributed by atoms with Crippen LogP contribution in [-0.4, -0.2) is 11.9 Å². The van der Waals surface area contributed by atoms with Gasteiger partial charge < -0.3 is 22.1 Å². The molecule has 0 saturated carbocycles. The molecule has 0 saturated heterocycles. The maximum Gasteiger partial charge on any atom is 0.190 e. The predicted octanol–water partition coefficient (Wildman–Crippen LogP) is 5.48. The van der Waals surface area contributed by atoms with Crippen molar-refractivity contribution in [3.05, 3.63) is 60.7 Å². The first kappa shape index (κ1) is 19.2. The molecule has 3 aromatic heterocycles. The molecule has 6 nitrogen and oxygen atoms in total. The molecule has 3 heterocycles. The highest BCUT2D eigenvalue weighted by molar-refractivity contribution is 7.28. The van der Waals surface area contributed by atoms with Crippen molar-refractivity contribution in [2.45, 2.75) is 0 Å². The number of guanidine groups is 2. The summed E-state index contributed by atoms with van der Waals surface area (Å²) in [5.41, 5.74) is 12.7. The molecule has 0 bridgehead atoms. The third kappa shape index (κ3) is 4.48. The van der Waals surface area contributed by atoms with Crippen LogP contribution in [0.25, 0.3) is 29.9 Å². The molecule has 9 heteroatoms. The Morgan fingerprint density at radius 3 is 1.66 bits per heavy atom. The van der Waals surface area contributed by atoms with Crippen LogP contribution < -0.4 is 22.1 Å². The van der Waals surface area contributed by atoms with Crippen molar-refractivity contribution in [3.63, 3.8) is 0 Å². The number of rotatable bonds is 5. The van der Waals surface area contributed by atoms with Crippen molar-refractivity contribution in [3.8, 4) is 29.9 Å². The second-order valence-electron chi connectivity index (χ2n) is 6.15. The monoisotopic (exact) mass is 438 g/mol. The largest absolute Gasteiger partial charge is 0.370 e. The molecule has 0 spiro atoms. The maximum absolute atomic E-state index is 7.34. The summed E-state index contributed by atoms with van der Waals surface area (Å²) in [7, 11) is 0. The van der Waals surface area contributed by atoms with Gasteiger partial charge in [-0.05, 0) is 54.1 Å². The van der Waals surface area contributed by atoms with Crippen molar-refractivity contribution in [2.24, 2.45) is 11.5 Å². The van der Waals surface area contributed by atoms with E-state index in [1.807, 2.05) is 36.4 Å². The lowest BCUT2D eigenvalue weighted by atomic mass is 10.2. The lowest BCUT2D eigenvalue weighted by molar-refractivity contribution is 1.41. The van der Waals surface area contributed by atoms with Crippen molar-refractivity contribution < 1.29 is 0 Å². The van der Waals surface area contributed by atoms with E-state index in [2.05, 4.69) is 34.9 Å². The molecule has 0 radical (unpaired) electrons. The van der Waals surface area contributed by atoms with Crippen LogP contribution in [0.2, 0.25) is 0 Å². The van der Waals surface area contributed by atoms with Crippen LogP contribution in [0.15, 0.2) is 60.7 Å². The van der Waals surface area contributed by atoms with Gasteiger partial charge in [-0.3, -0.25) is 10.8 Å². The molecule has 4 rings (SSSR count). The summed E-state index contributed by atoms with van der Waals surface area (Å²) in [5, 5.41) is 21.1. The molecule has 0 aliphatic heterocycles. The second-order valence-corrected chi connectivity index (χ2v) is 9.40. The zero-order valence-corrected chi connectivity index (χ0v) is 17.6. The van der Waals surface area contributed by atoms with E-state index in [0.717, 1.165) is 21.1 Å². The minimum absolute atomic E-state index is 0.0542. The molecular weight excluding hydrogens is 420 g/mol. The SMILES string of the molecule is N=C(N)Nc1ccc(-c2ccc(-c3ccc(-c4ccc(NC(=N)N)s4)s3)s2)cc1. The number of nitrogens with two attached hydrogens (primary N) is 2. The molecule has 0 unspecified atom stereocenters. The van der Waals surface area contributed by atoms with E-state index in [-0.39, 0.29) is 11.9 Å². The molecule has 4 aromatic rings. The maximum atomic E-state index is 7.34. The molecule has 29 heavy (non-hydrogen) atoms. The van der Waals surface area contributed by atoms with E-state index >= 15 is 0 Å². The molecule has 0 amide bonds. The fourth-order valence-electron chi connectivity index (χ4n) is 2.77. The van der Waals surface area contributed by atoms with Gasteiger partial charge in [-0.25, -0.2) is 0 Å². The van der Waals surface area contributed by atoms with Crippen LogP contribution in [0.3, 0.4) is 0 Å². The van der Waals surface area contributed by atoms with E-state index in [4.69, 9.17) is 22.3 Å². The van der Waals surface area contributed by atoms with E-state index < -0.39 is 0 Å². The van der Waals surface area contributed by atoms with Gasteiger partial charge in [0.15, 0.2) is 11.9 Å². The Bertz CT molecular complexity index is 1170. The fourth-order valence-corrected chi connectivity index (χ4v) is 5.89. The Kier molecular flexibility index (Phi) is 5.34. The summed E-state index contributed by atoms with van der Waals surface area (Å²) in [6.07, 6.45) is 0. The number of nitrogens with one attached hydrogen (secondary N) is 4. The van der Waals surface area contributed by atoms with E-state index in [1.165, 1.54) is 19.5 Å². The summed E-state index contributed by atoms with van der Waals surface area (Å²) >= 11 is 5.08. The van der Waals surface area contributed by atoms with Crippen LogP contribution in [0.4, 0.5) is 10.7 Å². The van der Waals surface area contributed by atoms with Crippen LogP contribution >= 0.6 is 34.0 Å². The van der Waals surface area contributed by atoms with E-state index in [9.17, 15) is 0 Å². The molecule has 8 N–H and O–H groups in total. The molecule has 0 fully saturated rings. The van der Waals surface area contributed by atoms with E-state index in [1.54, 1.807) is 34.0 Å². The van der Waals surface area contributed by atoms with E-state index in [0.29, 0.717) is 0 Å². The molecule has 1 aromatic carbocycles. The lowest BCUT2D eigenvalue weighted by Gasteiger charge is -2.04. The first-order valence-electron chi connectivity index (χ1n) is 8.61. The Morgan fingerprint density at radius 1 is 0.586 bits per heavy atom. The molecule has 0 aliphatic rings.